The molecule has 31 heavy (non-hydrogen) atoms. The summed E-state index contributed by atoms with van der Waals surface area (Å²) in [4.78, 5) is 11.5. The third kappa shape index (κ3) is 5.45. The van der Waals surface area contributed by atoms with Gasteiger partial charge in [0.2, 0.25) is 5.89 Å². The lowest BCUT2D eigenvalue weighted by atomic mass is 10.1. The molecule has 0 saturated carbocycles. The van der Waals surface area contributed by atoms with Crippen molar-refractivity contribution in [1.29, 1.82) is 0 Å². The maximum absolute atomic E-state index is 5.88. The molecule has 1 aromatic heterocycles. The molecule has 0 amide bonds. The van der Waals surface area contributed by atoms with Gasteiger partial charge in [-0.15, -0.1) is 0 Å². The van der Waals surface area contributed by atoms with Crippen LogP contribution in [0.4, 0.5) is 5.69 Å². The van der Waals surface area contributed by atoms with Gasteiger partial charge in [-0.1, -0.05) is 42.5 Å². The van der Waals surface area contributed by atoms with Crippen LogP contribution in [0.5, 0.6) is 0 Å². The van der Waals surface area contributed by atoms with Crippen LogP contribution >= 0.6 is 0 Å². The average Bonchev–Trinajstić information content (AvgIpc) is 3.51. The van der Waals surface area contributed by atoms with Crippen molar-refractivity contribution in [3.05, 3.63) is 72.2 Å². The van der Waals surface area contributed by atoms with Crippen LogP contribution in [0.25, 0.3) is 11.3 Å². The standard InChI is InChI=1S/C25H31N5O/c1-3-26-25(28-18-24-27-17-23(31-24)20-10-5-4-6-11-20)29-19(2)21-12-9-13-22(16-21)30-14-7-8-15-30/h4-6,9-13,16-17,19H,3,7-8,14-15,18H2,1-2H3,(H2,26,28,29). The van der Waals surface area contributed by atoms with Crippen molar-refractivity contribution in [2.75, 3.05) is 24.5 Å². The van der Waals surface area contributed by atoms with E-state index in [1.54, 1.807) is 6.20 Å². The van der Waals surface area contributed by atoms with Crippen molar-refractivity contribution in [3.8, 4) is 11.3 Å². The minimum atomic E-state index is 0.129. The highest BCUT2D eigenvalue weighted by Gasteiger charge is 2.15. The minimum Gasteiger partial charge on any atom is -0.439 e. The van der Waals surface area contributed by atoms with E-state index in [0.29, 0.717) is 12.4 Å². The summed E-state index contributed by atoms with van der Waals surface area (Å²) in [5, 5.41) is 6.83. The quantitative estimate of drug-likeness (QED) is 0.429. The van der Waals surface area contributed by atoms with E-state index in [4.69, 9.17) is 4.42 Å². The number of aliphatic imine (C=N–C) groups is 1. The monoisotopic (exact) mass is 417 g/mol. The Morgan fingerprint density at radius 2 is 1.94 bits per heavy atom. The summed E-state index contributed by atoms with van der Waals surface area (Å²) in [6.45, 7) is 7.69. The van der Waals surface area contributed by atoms with E-state index in [2.05, 4.69) is 63.6 Å². The topological polar surface area (TPSA) is 65.7 Å². The fourth-order valence-corrected chi connectivity index (χ4v) is 3.84. The molecule has 4 rings (SSSR count). The third-order valence-electron chi connectivity index (χ3n) is 5.52. The molecule has 6 heteroatoms. The third-order valence-corrected chi connectivity index (χ3v) is 5.52. The fraction of sp³-hybridized carbons (Fsp3) is 0.360. The first kappa shape index (κ1) is 21.0. The van der Waals surface area contributed by atoms with Crippen LogP contribution in [-0.4, -0.2) is 30.6 Å². The van der Waals surface area contributed by atoms with Crippen molar-refractivity contribution in [1.82, 2.24) is 15.6 Å². The maximum atomic E-state index is 5.88. The van der Waals surface area contributed by atoms with E-state index in [-0.39, 0.29) is 6.04 Å². The van der Waals surface area contributed by atoms with Gasteiger partial charge in [-0.2, -0.15) is 0 Å². The van der Waals surface area contributed by atoms with Crippen LogP contribution < -0.4 is 15.5 Å². The second kappa shape index (κ2) is 10.2. The van der Waals surface area contributed by atoms with Crippen LogP contribution in [0.1, 0.15) is 44.2 Å². The molecule has 1 fully saturated rings. The smallest absolute Gasteiger partial charge is 0.216 e. The molecule has 6 nitrogen and oxygen atoms in total. The van der Waals surface area contributed by atoms with Crippen LogP contribution in [0.15, 0.2) is 70.2 Å². The van der Waals surface area contributed by atoms with Crippen molar-refractivity contribution in [2.24, 2.45) is 4.99 Å². The van der Waals surface area contributed by atoms with Crippen LogP contribution in [0.3, 0.4) is 0 Å². The number of hydrogen-bond acceptors (Lipinski definition) is 4. The second-order valence-corrected chi connectivity index (χ2v) is 7.83. The molecule has 1 saturated heterocycles. The molecular weight excluding hydrogens is 386 g/mol. The first-order valence-corrected chi connectivity index (χ1v) is 11.1. The molecule has 1 aliphatic rings. The lowest BCUT2D eigenvalue weighted by Gasteiger charge is -2.22. The van der Waals surface area contributed by atoms with E-state index >= 15 is 0 Å². The Morgan fingerprint density at radius 3 is 2.71 bits per heavy atom. The Morgan fingerprint density at radius 1 is 1.13 bits per heavy atom. The highest BCUT2D eigenvalue weighted by molar-refractivity contribution is 5.80. The van der Waals surface area contributed by atoms with E-state index < -0.39 is 0 Å². The number of aromatic nitrogens is 1. The SMILES string of the molecule is CCNC(=NCc1ncc(-c2ccccc2)o1)NC(C)c1cccc(N2CCCC2)c1. The lowest BCUT2D eigenvalue weighted by molar-refractivity contribution is 0.508. The molecule has 2 N–H and O–H groups in total. The number of oxazole rings is 1. The Hall–Kier alpha value is -3.28. The highest BCUT2D eigenvalue weighted by Crippen LogP contribution is 2.24. The summed E-state index contributed by atoms with van der Waals surface area (Å²) in [5.41, 5.74) is 3.57. The highest BCUT2D eigenvalue weighted by atomic mass is 16.4. The van der Waals surface area contributed by atoms with Gasteiger partial charge in [0, 0.05) is 30.9 Å². The zero-order valence-electron chi connectivity index (χ0n) is 18.3. The van der Waals surface area contributed by atoms with E-state index in [0.717, 1.165) is 36.9 Å². The van der Waals surface area contributed by atoms with Crippen molar-refractivity contribution < 1.29 is 4.42 Å². The number of anilines is 1. The van der Waals surface area contributed by atoms with Gasteiger partial charge in [0.25, 0.3) is 0 Å². The lowest BCUT2D eigenvalue weighted by Crippen LogP contribution is -2.38. The average molecular weight is 418 g/mol. The van der Waals surface area contributed by atoms with Gasteiger partial charge in [-0.3, -0.25) is 0 Å². The summed E-state index contributed by atoms with van der Waals surface area (Å²) >= 11 is 0. The Labute approximate surface area is 184 Å². The molecule has 0 aliphatic carbocycles. The van der Waals surface area contributed by atoms with Crippen LogP contribution in [0.2, 0.25) is 0 Å². The molecule has 0 radical (unpaired) electrons. The zero-order valence-corrected chi connectivity index (χ0v) is 18.3. The molecule has 0 bridgehead atoms. The summed E-state index contributed by atoms with van der Waals surface area (Å²) in [7, 11) is 0. The van der Waals surface area contributed by atoms with E-state index in [1.807, 2.05) is 30.3 Å². The molecule has 1 aliphatic heterocycles. The predicted molar refractivity (Wildman–Crippen MR) is 126 cm³/mol. The second-order valence-electron chi connectivity index (χ2n) is 7.83. The van der Waals surface area contributed by atoms with Crippen LogP contribution in [-0.2, 0) is 6.54 Å². The first-order chi connectivity index (χ1) is 15.2. The van der Waals surface area contributed by atoms with Gasteiger partial charge in [0.15, 0.2) is 11.7 Å². The van der Waals surface area contributed by atoms with Crippen LogP contribution in [0, 0.1) is 0 Å². The van der Waals surface area contributed by atoms with Gasteiger partial charge in [-0.25, -0.2) is 9.98 Å². The molecule has 162 valence electrons. The summed E-state index contributed by atoms with van der Waals surface area (Å²) < 4.78 is 5.88. The maximum Gasteiger partial charge on any atom is 0.216 e. The molecule has 2 heterocycles. The van der Waals surface area contributed by atoms with Gasteiger partial charge >= 0.3 is 0 Å². The van der Waals surface area contributed by atoms with Gasteiger partial charge in [0.1, 0.15) is 6.54 Å². The van der Waals surface area contributed by atoms with Gasteiger partial charge in [-0.05, 0) is 44.4 Å². The summed E-state index contributed by atoms with van der Waals surface area (Å²) in [5.74, 6) is 2.11. The van der Waals surface area contributed by atoms with Crippen molar-refractivity contribution in [2.45, 2.75) is 39.3 Å². The molecule has 3 aromatic rings. The van der Waals surface area contributed by atoms with Gasteiger partial charge in [0.05, 0.1) is 12.2 Å². The fourth-order valence-electron chi connectivity index (χ4n) is 3.84. The number of nitrogens with one attached hydrogen (secondary N) is 2. The molecular formula is C25H31N5O. The Kier molecular flexibility index (Phi) is 6.87. The number of benzene rings is 2. The normalized spacial score (nSPS) is 15.2. The van der Waals surface area contributed by atoms with E-state index in [1.165, 1.54) is 24.1 Å². The number of nitrogens with zero attached hydrogens (tertiary/aromatic N) is 3. The largest absolute Gasteiger partial charge is 0.439 e. The summed E-state index contributed by atoms with van der Waals surface area (Å²) in [6.07, 6.45) is 4.32. The Bertz CT molecular complexity index is 992. The molecule has 0 spiro atoms. The number of hydrogen-bond donors (Lipinski definition) is 2. The minimum absolute atomic E-state index is 0.129. The number of guanidine groups is 1. The number of rotatable bonds is 7. The predicted octanol–water partition coefficient (Wildman–Crippen LogP) is 4.76. The Balaban J connectivity index is 1.42. The first-order valence-electron chi connectivity index (χ1n) is 11.1. The molecule has 1 atom stereocenters. The van der Waals surface area contributed by atoms with Crippen molar-refractivity contribution >= 4 is 11.6 Å². The van der Waals surface area contributed by atoms with Gasteiger partial charge < -0.3 is 20.0 Å². The molecule has 2 aromatic carbocycles. The zero-order chi connectivity index (χ0) is 21.5. The van der Waals surface area contributed by atoms with E-state index in [9.17, 15) is 0 Å². The van der Waals surface area contributed by atoms with Crippen molar-refractivity contribution in [3.63, 3.8) is 0 Å². The molecule has 1 unspecified atom stereocenters. The summed E-state index contributed by atoms with van der Waals surface area (Å²) in [6, 6.07) is 18.9.